The van der Waals surface area contributed by atoms with Crippen LogP contribution in [0.3, 0.4) is 0 Å². The van der Waals surface area contributed by atoms with Crippen molar-refractivity contribution in [2.24, 2.45) is 0 Å². The smallest absolute Gasteiger partial charge is 0.272 e. The number of nitrogens with zero attached hydrogens (tertiary/aromatic N) is 1. The van der Waals surface area contributed by atoms with E-state index in [9.17, 15) is 9.90 Å². The molecular formula is C35H35Cl3N2O4. The van der Waals surface area contributed by atoms with Gasteiger partial charge in [-0.2, -0.15) is 0 Å². The Balaban J connectivity index is 1.36. The van der Waals surface area contributed by atoms with Crippen LogP contribution in [0.5, 0.6) is 0 Å². The van der Waals surface area contributed by atoms with Crippen molar-refractivity contribution < 1.29 is 19.4 Å². The molecular weight excluding hydrogens is 619 g/mol. The first kappa shape index (κ1) is 32.5. The number of rotatable bonds is 11. The molecule has 0 spiro atoms. The topological polar surface area (TPSA) is 71.0 Å². The summed E-state index contributed by atoms with van der Waals surface area (Å²) in [7, 11) is 0. The Hall–Kier alpha value is -2.94. The SMILES string of the molecule is O=C(NCc1ccc([C@@H]2O[C@H](CN(Cc3ccccc3)Cc3ccccc3)C[C@H](c3ccc(CO)cc3)O2)cc1)C(Cl)(Cl)Cl. The Kier molecular flexibility index (Phi) is 11.3. The van der Waals surface area contributed by atoms with Gasteiger partial charge in [0.15, 0.2) is 6.29 Å². The summed E-state index contributed by atoms with van der Waals surface area (Å²) in [4.78, 5) is 14.4. The second kappa shape index (κ2) is 15.4. The summed E-state index contributed by atoms with van der Waals surface area (Å²) < 4.78 is 11.2. The van der Waals surface area contributed by atoms with E-state index in [1.54, 1.807) is 0 Å². The standard InChI is InChI=1S/C35H35Cl3N2O4/c36-35(37,38)34(42)39-20-25-11-17-30(18-12-25)33-43-31(19-32(44-33)29-15-13-28(24-41)14-16-29)23-40(21-26-7-3-1-4-8-26)22-27-9-5-2-6-10-27/h1-18,31-33,41H,19-24H2,(H,39,42)/t31-,32+,33+/m0/s1. The molecule has 1 aliphatic heterocycles. The zero-order chi connectivity index (χ0) is 30.9. The fraction of sp³-hybridized carbons (Fsp3) is 0.286. The van der Waals surface area contributed by atoms with Crippen LogP contribution in [0.2, 0.25) is 0 Å². The van der Waals surface area contributed by atoms with Gasteiger partial charge in [0.25, 0.3) is 9.70 Å². The van der Waals surface area contributed by atoms with Crippen LogP contribution in [0.15, 0.2) is 109 Å². The molecule has 9 heteroatoms. The van der Waals surface area contributed by atoms with E-state index in [4.69, 9.17) is 44.3 Å². The lowest BCUT2D eigenvalue weighted by Gasteiger charge is -2.38. The molecule has 1 amide bonds. The number of aliphatic hydroxyl groups is 1. The lowest BCUT2D eigenvalue weighted by molar-refractivity contribution is -0.253. The van der Waals surface area contributed by atoms with Gasteiger partial charge in [-0.15, -0.1) is 0 Å². The highest BCUT2D eigenvalue weighted by atomic mass is 35.6. The lowest BCUT2D eigenvalue weighted by Crippen LogP contribution is -2.39. The molecule has 1 saturated heterocycles. The molecule has 6 nitrogen and oxygen atoms in total. The molecule has 2 N–H and O–H groups in total. The van der Waals surface area contributed by atoms with Gasteiger partial charge in [0.1, 0.15) is 0 Å². The van der Waals surface area contributed by atoms with Gasteiger partial charge < -0.3 is 19.9 Å². The average molecular weight is 654 g/mol. The predicted octanol–water partition coefficient (Wildman–Crippen LogP) is 7.41. The number of aliphatic hydroxyl groups excluding tert-OH is 1. The van der Waals surface area contributed by atoms with Crippen LogP contribution in [0, 0.1) is 0 Å². The van der Waals surface area contributed by atoms with Crippen molar-refractivity contribution in [2.75, 3.05) is 6.54 Å². The highest BCUT2D eigenvalue weighted by Crippen LogP contribution is 2.38. The molecule has 0 aliphatic carbocycles. The van der Waals surface area contributed by atoms with Crippen LogP contribution in [0.25, 0.3) is 0 Å². The highest BCUT2D eigenvalue weighted by molar-refractivity contribution is 6.76. The van der Waals surface area contributed by atoms with Crippen molar-refractivity contribution in [3.05, 3.63) is 143 Å². The van der Waals surface area contributed by atoms with Gasteiger partial charge in [-0.3, -0.25) is 9.69 Å². The fourth-order valence-electron chi connectivity index (χ4n) is 5.26. The first-order chi connectivity index (χ1) is 21.3. The second-order valence-corrected chi connectivity index (χ2v) is 13.2. The molecule has 1 heterocycles. The van der Waals surface area contributed by atoms with E-state index in [2.05, 4.69) is 58.7 Å². The molecule has 4 aromatic carbocycles. The van der Waals surface area contributed by atoms with E-state index in [1.807, 2.05) is 60.7 Å². The zero-order valence-electron chi connectivity index (χ0n) is 24.1. The van der Waals surface area contributed by atoms with E-state index in [0.29, 0.717) is 13.0 Å². The van der Waals surface area contributed by atoms with Crippen LogP contribution < -0.4 is 5.32 Å². The maximum absolute atomic E-state index is 12.0. The maximum atomic E-state index is 12.0. The van der Waals surface area contributed by atoms with E-state index >= 15 is 0 Å². The molecule has 1 fully saturated rings. The number of benzene rings is 4. The Bertz CT molecular complexity index is 1420. The first-order valence-electron chi connectivity index (χ1n) is 14.5. The summed E-state index contributed by atoms with van der Waals surface area (Å²) in [5.41, 5.74) is 6.06. The van der Waals surface area contributed by atoms with E-state index in [-0.39, 0.29) is 25.4 Å². The molecule has 0 bridgehead atoms. The lowest BCUT2D eigenvalue weighted by atomic mass is 9.99. The number of carbonyl (C=O) groups excluding carboxylic acids is 1. The largest absolute Gasteiger partial charge is 0.392 e. The first-order valence-corrected chi connectivity index (χ1v) is 15.6. The number of ether oxygens (including phenoxy) is 2. The van der Waals surface area contributed by atoms with E-state index in [0.717, 1.165) is 35.3 Å². The van der Waals surface area contributed by atoms with Crippen LogP contribution in [-0.2, 0) is 40.5 Å². The van der Waals surface area contributed by atoms with Gasteiger partial charge >= 0.3 is 0 Å². The molecule has 0 unspecified atom stereocenters. The Morgan fingerprint density at radius 3 is 1.84 bits per heavy atom. The number of amides is 1. The third-order valence-corrected chi connectivity index (χ3v) is 8.05. The number of hydrogen-bond acceptors (Lipinski definition) is 5. The van der Waals surface area contributed by atoms with Gasteiger partial charge in [0.2, 0.25) is 0 Å². The van der Waals surface area contributed by atoms with Crippen molar-refractivity contribution in [2.45, 2.75) is 55.0 Å². The summed E-state index contributed by atoms with van der Waals surface area (Å²) in [6.07, 6.45) is -0.246. The average Bonchev–Trinajstić information content (AvgIpc) is 3.04. The molecule has 5 rings (SSSR count). The number of carbonyl (C=O) groups is 1. The summed E-state index contributed by atoms with van der Waals surface area (Å²) in [6, 6.07) is 36.4. The number of hydrogen-bond donors (Lipinski definition) is 2. The Morgan fingerprint density at radius 2 is 1.30 bits per heavy atom. The van der Waals surface area contributed by atoms with Crippen molar-refractivity contribution in [3.8, 4) is 0 Å². The minimum absolute atomic E-state index is 0.0113. The Labute approximate surface area is 273 Å². The fourth-order valence-corrected chi connectivity index (χ4v) is 5.46. The minimum Gasteiger partial charge on any atom is -0.392 e. The number of halogens is 3. The molecule has 1 aliphatic rings. The zero-order valence-corrected chi connectivity index (χ0v) is 26.4. The van der Waals surface area contributed by atoms with Crippen LogP contribution in [0.4, 0.5) is 0 Å². The molecule has 3 atom stereocenters. The monoisotopic (exact) mass is 652 g/mol. The molecule has 0 saturated carbocycles. The maximum Gasteiger partial charge on any atom is 0.272 e. The minimum atomic E-state index is -2.02. The highest BCUT2D eigenvalue weighted by Gasteiger charge is 2.33. The quantitative estimate of drug-likeness (QED) is 0.165. The molecule has 44 heavy (non-hydrogen) atoms. The summed E-state index contributed by atoms with van der Waals surface area (Å²) >= 11 is 17.0. The van der Waals surface area contributed by atoms with Crippen LogP contribution in [-0.4, -0.2) is 32.4 Å². The van der Waals surface area contributed by atoms with Gasteiger partial charge in [-0.05, 0) is 27.8 Å². The normalized spacial score (nSPS) is 18.7. The second-order valence-electron chi connectivity index (χ2n) is 10.9. The molecule has 0 aromatic heterocycles. The number of nitrogens with one attached hydrogen (secondary N) is 1. The molecule has 4 aromatic rings. The van der Waals surface area contributed by atoms with Crippen molar-refractivity contribution in [3.63, 3.8) is 0 Å². The predicted molar refractivity (Wildman–Crippen MR) is 174 cm³/mol. The van der Waals surface area contributed by atoms with Crippen molar-refractivity contribution in [1.29, 1.82) is 0 Å². The van der Waals surface area contributed by atoms with Gasteiger partial charge in [0.05, 0.1) is 18.8 Å². The van der Waals surface area contributed by atoms with Gasteiger partial charge in [-0.1, -0.05) is 144 Å². The van der Waals surface area contributed by atoms with Crippen molar-refractivity contribution in [1.82, 2.24) is 10.2 Å². The van der Waals surface area contributed by atoms with Crippen LogP contribution >= 0.6 is 34.8 Å². The molecule has 230 valence electrons. The van der Waals surface area contributed by atoms with Gasteiger partial charge in [-0.25, -0.2) is 0 Å². The third-order valence-electron chi connectivity index (χ3n) is 7.54. The van der Waals surface area contributed by atoms with E-state index < -0.39 is 16.0 Å². The summed E-state index contributed by atoms with van der Waals surface area (Å²) in [5.74, 6) is -0.681. The summed E-state index contributed by atoms with van der Waals surface area (Å²) in [6.45, 7) is 2.48. The van der Waals surface area contributed by atoms with Crippen molar-refractivity contribution >= 4 is 40.7 Å². The van der Waals surface area contributed by atoms with Gasteiger partial charge in [0, 0.05) is 38.2 Å². The van der Waals surface area contributed by atoms with E-state index in [1.165, 1.54) is 11.1 Å². The summed E-state index contributed by atoms with van der Waals surface area (Å²) in [5, 5.41) is 12.2. The number of alkyl halides is 3. The van der Waals surface area contributed by atoms with Crippen LogP contribution in [0.1, 0.15) is 52.2 Å². The third kappa shape index (κ3) is 9.29. The Morgan fingerprint density at radius 1 is 0.750 bits per heavy atom. The molecule has 0 radical (unpaired) electrons.